The number of rotatable bonds is 2. The average Bonchev–Trinajstić information content (AvgIpc) is 3.13. The average molecular weight is 284 g/mol. The predicted molar refractivity (Wildman–Crippen MR) is 81.0 cm³/mol. The van der Waals surface area contributed by atoms with E-state index in [2.05, 4.69) is 38.4 Å². The van der Waals surface area contributed by atoms with Crippen molar-refractivity contribution in [3.05, 3.63) is 24.3 Å². The van der Waals surface area contributed by atoms with Crippen LogP contribution in [0, 0.1) is 5.92 Å². The van der Waals surface area contributed by atoms with Crippen molar-refractivity contribution in [1.29, 1.82) is 0 Å². The van der Waals surface area contributed by atoms with Gasteiger partial charge in [0.25, 0.3) is 0 Å². The van der Waals surface area contributed by atoms with Crippen LogP contribution in [-0.2, 0) is 5.41 Å². The molecule has 0 aromatic carbocycles. The molecule has 0 saturated heterocycles. The van der Waals surface area contributed by atoms with Crippen molar-refractivity contribution in [3.8, 4) is 0 Å². The summed E-state index contributed by atoms with van der Waals surface area (Å²) in [5, 5.41) is 8.84. The van der Waals surface area contributed by atoms with Crippen LogP contribution in [0.5, 0.6) is 0 Å². The summed E-state index contributed by atoms with van der Waals surface area (Å²) in [5.74, 6) is 1.56. The van der Waals surface area contributed by atoms with Crippen LogP contribution in [0.3, 0.4) is 0 Å². The lowest BCUT2D eigenvalue weighted by molar-refractivity contribution is 0.315. The highest BCUT2D eigenvalue weighted by Crippen LogP contribution is 2.46. The lowest BCUT2D eigenvalue weighted by Crippen LogP contribution is -2.30. The summed E-state index contributed by atoms with van der Waals surface area (Å²) in [6.07, 6.45) is 6.81. The van der Waals surface area contributed by atoms with Crippen LogP contribution in [0.1, 0.15) is 38.9 Å². The topological polar surface area (TPSA) is 84.9 Å². The minimum Gasteiger partial charge on any atom is -0.345 e. The standard InChI is InChI=1S/C15H20N6/c1-3-9-6-10(16)7-15(9,2)14-20-19-12-8-18-13-11(21(12)14)4-5-17-13/h4-5,8-10,17H,3,6-7,16H2,1-2H3/t9-,10+,15-/m0/s1. The Morgan fingerprint density at radius 1 is 1.48 bits per heavy atom. The lowest BCUT2D eigenvalue weighted by atomic mass is 9.77. The summed E-state index contributed by atoms with van der Waals surface area (Å²) < 4.78 is 2.14. The molecular formula is C15H20N6. The maximum absolute atomic E-state index is 6.24. The Bertz CT molecular complexity index is 803. The van der Waals surface area contributed by atoms with E-state index in [9.17, 15) is 0 Å². The molecule has 110 valence electrons. The summed E-state index contributed by atoms with van der Waals surface area (Å²) >= 11 is 0. The first kappa shape index (κ1) is 12.8. The van der Waals surface area contributed by atoms with Crippen molar-refractivity contribution in [3.63, 3.8) is 0 Å². The number of nitrogens with two attached hydrogens (primary N) is 1. The number of hydrogen-bond acceptors (Lipinski definition) is 4. The Morgan fingerprint density at radius 2 is 2.33 bits per heavy atom. The second-order valence-electron chi connectivity index (χ2n) is 6.41. The molecule has 0 aliphatic heterocycles. The summed E-state index contributed by atoms with van der Waals surface area (Å²) in [4.78, 5) is 7.54. The zero-order valence-corrected chi connectivity index (χ0v) is 12.4. The summed E-state index contributed by atoms with van der Waals surface area (Å²) in [5.41, 5.74) is 8.91. The molecular weight excluding hydrogens is 264 g/mol. The van der Waals surface area contributed by atoms with Gasteiger partial charge in [-0.25, -0.2) is 4.98 Å². The number of hydrogen-bond donors (Lipinski definition) is 2. The number of fused-ring (bicyclic) bond motifs is 3. The van der Waals surface area contributed by atoms with Gasteiger partial charge in [0.15, 0.2) is 11.3 Å². The Kier molecular flexibility index (Phi) is 2.60. The van der Waals surface area contributed by atoms with E-state index < -0.39 is 0 Å². The molecule has 1 aliphatic rings. The molecule has 0 bridgehead atoms. The van der Waals surface area contributed by atoms with Crippen LogP contribution in [-0.4, -0.2) is 30.6 Å². The van der Waals surface area contributed by atoms with Crippen molar-refractivity contribution in [2.45, 2.75) is 44.6 Å². The van der Waals surface area contributed by atoms with Crippen molar-refractivity contribution in [2.75, 3.05) is 0 Å². The zero-order chi connectivity index (χ0) is 14.6. The van der Waals surface area contributed by atoms with E-state index in [4.69, 9.17) is 5.73 Å². The second kappa shape index (κ2) is 4.27. The molecule has 0 spiro atoms. The smallest absolute Gasteiger partial charge is 0.179 e. The fourth-order valence-corrected chi connectivity index (χ4v) is 4.06. The van der Waals surface area contributed by atoms with Gasteiger partial charge >= 0.3 is 0 Å². The van der Waals surface area contributed by atoms with Gasteiger partial charge in [0.2, 0.25) is 0 Å². The molecule has 1 saturated carbocycles. The largest absolute Gasteiger partial charge is 0.345 e. The van der Waals surface area contributed by atoms with Gasteiger partial charge in [0, 0.05) is 17.7 Å². The summed E-state index contributed by atoms with van der Waals surface area (Å²) in [6, 6.07) is 2.28. The van der Waals surface area contributed by atoms with Crippen LogP contribution in [0.2, 0.25) is 0 Å². The molecule has 1 fully saturated rings. The summed E-state index contributed by atoms with van der Waals surface area (Å²) in [6.45, 7) is 4.51. The third-order valence-electron chi connectivity index (χ3n) is 5.12. The number of aromatic nitrogens is 5. The third-order valence-corrected chi connectivity index (χ3v) is 5.12. The predicted octanol–water partition coefficient (Wildman–Crippen LogP) is 2.01. The highest BCUT2D eigenvalue weighted by Gasteiger charge is 2.46. The van der Waals surface area contributed by atoms with Gasteiger partial charge in [-0.1, -0.05) is 20.3 Å². The van der Waals surface area contributed by atoms with Crippen molar-refractivity contribution < 1.29 is 0 Å². The molecule has 3 heterocycles. The highest BCUT2D eigenvalue weighted by atomic mass is 15.3. The Balaban J connectivity index is 2.00. The monoisotopic (exact) mass is 284 g/mol. The van der Waals surface area contributed by atoms with Crippen molar-refractivity contribution in [2.24, 2.45) is 11.7 Å². The number of aromatic amines is 1. The molecule has 21 heavy (non-hydrogen) atoms. The van der Waals surface area contributed by atoms with Crippen LogP contribution in [0.15, 0.2) is 18.5 Å². The van der Waals surface area contributed by atoms with Gasteiger partial charge in [-0.05, 0) is 24.8 Å². The quantitative estimate of drug-likeness (QED) is 0.754. The minimum absolute atomic E-state index is 0.0286. The molecule has 0 unspecified atom stereocenters. The lowest BCUT2D eigenvalue weighted by Gasteiger charge is -2.29. The van der Waals surface area contributed by atoms with Crippen LogP contribution in [0.4, 0.5) is 0 Å². The molecule has 0 radical (unpaired) electrons. The van der Waals surface area contributed by atoms with E-state index in [1.54, 1.807) is 6.20 Å². The number of H-pyrrole nitrogens is 1. The van der Waals surface area contributed by atoms with Crippen molar-refractivity contribution in [1.82, 2.24) is 24.6 Å². The first-order valence-electron chi connectivity index (χ1n) is 7.56. The van der Waals surface area contributed by atoms with Gasteiger partial charge in [-0.2, -0.15) is 0 Å². The maximum atomic E-state index is 6.24. The molecule has 3 aromatic heterocycles. The fourth-order valence-electron chi connectivity index (χ4n) is 4.06. The van der Waals surface area contributed by atoms with Gasteiger partial charge < -0.3 is 10.7 Å². The zero-order valence-electron chi connectivity index (χ0n) is 12.4. The summed E-state index contributed by atoms with van der Waals surface area (Å²) in [7, 11) is 0. The first-order valence-corrected chi connectivity index (χ1v) is 7.56. The third kappa shape index (κ3) is 1.65. The van der Waals surface area contributed by atoms with Gasteiger partial charge in [-0.15, -0.1) is 10.2 Å². The molecule has 3 aromatic rings. The van der Waals surface area contributed by atoms with E-state index >= 15 is 0 Å². The fraction of sp³-hybridized carbons (Fsp3) is 0.533. The van der Waals surface area contributed by atoms with Crippen LogP contribution >= 0.6 is 0 Å². The molecule has 6 nitrogen and oxygen atoms in total. The molecule has 3 N–H and O–H groups in total. The minimum atomic E-state index is -0.0286. The van der Waals surface area contributed by atoms with Crippen molar-refractivity contribution >= 4 is 16.8 Å². The Labute approximate surface area is 122 Å². The second-order valence-corrected chi connectivity index (χ2v) is 6.41. The molecule has 1 aliphatic carbocycles. The first-order chi connectivity index (χ1) is 10.1. The SMILES string of the molecule is CC[C@H]1C[C@@H](N)C[C@]1(C)c1nnc2cnc3[nH]ccc3n12. The van der Waals surface area contributed by atoms with E-state index in [0.717, 1.165) is 41.9 Å². The van der Waals surface area contributed by atoms with Gasteiger partial charge in [0.05, 0.1) is 11.7 Å². The van der Waals surface area contributed by atoms with E-state index in [0.29, 0.717) is 5.92 Å². The maximum Gasteiger partial charge on any atom is 0.179 e. The molecule has 4 rings (SSSR count). The number of nitrogens with zero attached hydrogens (tertiary/aromatic N) is 4. The highest BCUT2D eigenvalue weighted by molar-refractivity contribution is 5.74. The van der Waals surface area contributed by atoms with E-state index in [-0.39, 0.29) is 11.5 Å². The Hall–Kier alpha value is -1.95. The molecule has 3 atom stereocenters. The normalized spacial score (nSPS) is 29.7. The van der Waals surface area contributed by atoms with Crippen LogP contribution in [0.25, 0.3) is 16.8 Å². The van der Waals surface area contributed by atoms with E-state index in [1.165, 1.54) is 0 Å². The van der Waals surface area contributed by atoms with Gasteiger partial charge in [0.1, 0.15) is 5.82 Å². The molecule has 6 heteroatoms. The molecule has 0 amide bonds. The van der Waals surface area contributed by atoms with Gasteiger partial charge in [-0.3, -0.25) is 4.40 Å². The number of nitrogens with one attached hydrogen (secondary N) is 1. The van der Waals surface area contributed by atoms with E-state index in [1.807, 2.05) is 12.3 Å². The Morgan fingerprint density at radius 3 is 3.14 bits per heavy atom. The van der Waals surface area contributed by atoms with Crippen LogP contribution < -0.4 is 5.73 Å².